The van der Waals surface area contributed by atoms with Gasteiger partial charge >= 0.3 is 5.97 Å². The number of ether oxygens (including phenoxy) is 3. The third-order valence-electron chi connectivity index (χ3n) is 2.15. The highest BCUT2D eigenvalue weighted by Crippen LogP contribution is 2.20. The van der Waals surface area contributed by atoms with Gasteiger partial charge in [0.1, 0.15) is 9.88 Å². The average Bonchev–Trinajstić information content (AvgIpc) is 2.77. The molecule has 1 aromatic heterocycles. The summed E-state index contributed by atoms with van der Waals surface area (Å²) < 4.78 is 14.7. The first-order chi connectivity index (χ1) is 8.72. The predicted octanol–water partition coefficient (Wildman–Crippen LogP) is 0.812. The Morgan fingerprint density at radius 3 is 2.72 bits per heavy atom. The van der Waals surface area contributed by atoms with E-state index in [1.54, 1.807) is 14.2 Å². The number of hydrogen-bond donors (Lipinski definition) is 1. The highest BCUT2D eigenvalue weighted by atomic mass is 32.1. The van der Waals surface area contributed by atoms with E-state index in [4.69, 9.17) is 14.2 Å². The van der Waals surface area contributed by atoms with Crippen LogP contribution in [0.25, 0.3) is 0 Å². The minimum atomic E-state index is -0.373. The molecule has 6 nitrogen and oxygen atoms in total. The SMILES string of the molecule is COCCNCc1nc(COC)c(C(=O)OC)s1. The maximum Gasteiger partial charge on any atom is 0.350 e. The second-order valence-electron chi connectivity index (χ2n) is 3.48. The summed E-state index contributed by atoms with van der Waals surface area (Å²) in [4.78, 5) is 16.4. The molecule has 1 rings (SSSR count). The lowest BCUT2D eigenvalue weighted by Crippen LogP contribution is -2.18. The van der Waals surface area contributed by atoms with Crippen LogP contribution in [0.2, 0.25) is 0 Å². The van der Waals surface area contributed by atoms with E-state index in [9.17, 15) is 4.79 Å². The number of hydrogen-bond acceptors (Lipinski definition) is 7. The van der Waals surface area contributed by atoms with Gasteiger partial charge in [0.25, 0.3) is 0 Å². The zero-order valence-corrected chi connectivity index (χ0v) is 11.6. The van der Waals surface area contributed by atoms with E-state index < -0.39 is 0 Å². The van der Waals surface area contributed by atoms with Crippen LogP contribution in [0.15, 0.2) is 0 Å². The molecule has 0 radical (unpaired) electrons. The van der Waals surface area contributed by atoms with Gasteiger partial charge in [0.15, 0.2) is 0 Å². The monoisotopic (exact) mass is 274 g/mol. The molecule has 18 heavy (non-hydrogen) atoms. The first kappa shape index (κ1) is 15.0. The van der Waals surface area contributed by atoms with Gasteiger partial charge in [0, 0.05) is 27.3 Å². The van der Waals surface area contributed by atoms with E-state index in [1.165, 1.54) is 18.4 Å². The molecule has 0 saturated heterocycles. The Labute approximate surface area is 110 Å². The Balaban J connectivity index is 2.66. The van der Waals surface area contributed by atoms with Crippen molar-refractivity contribution in [1.29, 1.82) is 0 Å². The lowest BCUT2D eigenvalue weighted by molar-refractivity contribution is 0.0601. The van der Waals surface area contributed by atoms with Crippen LogP contribution >= 0.6 is 11.3 Å². The number of thiazole rings is 1. The second kappa shape index (κ2) is 8.15. The van der Waals surface area contributed by atoms with E-state index >= 15 is 0 Å². The number of carbonyl (C=O) groups excluding carboxylic acids is 1. The maximum atomic E-state index is 11.6. The molecule has 0 aliphatic carbocycles. The van der Waals surface area contributed by atoms with Crippen LogP contribution in [0.3, 0.4) is 0 Å². The Bertz CT molecular complexity index is 381. The molecule has 1 aromatic rings. The number of methoxy groups -OCH3 is 3. The second-order valence-corrected chi connectivity index (χ2v) is 4.56. The van der Waals surface area contributed by atoms with Gasteiger partial charge in [-0.25, -0.2) is 9.78 Å². The van der Waals surface area contributed by atoms with Crippen LogP contribution in [0.1, 0.15) is 20.4 Å². The van der Waals surface area contributed by atoms with Crippen molar-refractivity contribution >= 4 is 17.3 Å². The zero-order chi connectivity index (χ0) is 13.4. The smallest absolute Gasteiger partial charge is 0.350 e. The first-order valence-corrected chi connectivity index (χ1v) is 6.30. The van der Waals surface area contributed by atoms with Crippen molar-refractivity contribution in [3.8, 4) is 0 Å². The van der Waals surface area contributed by atoms with Gasteiger partial charge in [-0.05, 0) is 0 Å². The normalized spacial score (nSPS) is 10.6. The lowest BCUT2D eigenvalue weighted by atomic mass is 10.4. The summed E-state index contributed by atoms with van der Waals surface area (Å²) in [5.41, 5.74) is 0.623. The van der Waals surface area contributed by atoms with Crippen LogP contribution in [0, 0.1) is 0 Å². The van der Waals surface area contributed by atoms with Gasteiger partial charge in [-0.1, -0.05) is 0 Å². The molecule has 0 aliphatic heterocycles. The summed E-state index contributed by atoms with van der Waals surface area (Å²) in [6.07, 6.45) is 0. The Hall–Kier alpha value is -1.02. The Morgan fingerprint density at radius 2 is 2.11 bits per heavy atom. The highest BCUT2D eigenvalue weighted by molar-refractivity contribution is 7.13. The molecule has 0 atom stereocenters. The number of nitrogens with one attached hydrogen (secondary N) is 1. The highest BCUT2D eigenvalue weighted by Gasteiger charge is 2.18. The molecule has 0 bridgehead atoms. The summed E-state index contributed by atoms with van der Waals surface area (Å²) in [7, 11) is 4.57. The Morgan fingerprint density at radius 1 is 1.33 bits per heavy atom. The van der Waals surface area contributed by atoms with Crippen molar-refractivity contribution < 1.29 is 19.0 Å². The maximum absolute atomic E-state index is 11.6. The molecule has 102 valence electrons. The molecule has 0 amide bonds. The number of esters is 1. The summed E-state index contributed by atoms with van der Waals surface area (Å²) in [6, 6.07) is 0. The van der Waals surface area contributed by atoms with Crippen molar-refractivity contribution in [2.45, 2.75) is 13.2 Å². The first-order valence-electron chi connectivity index (χ1n) is 5.48. The average molecular weight is 274 g/mol. The minimum absolute atomic E-state index is 0.305. The fourth-order valence-electron chi connectivity index (χ4n) is 1.33. The van der Waals surface area contributed by atoms with E-state index in [2.05, 4.69) is 10.3 Å². The van der Waals surface area contributed by atoms with Crippen molar-refractivity contribution in [3.63, 3.8) is 0 Å². The third kappa shape index (κ3) is 4.34. The molecule has 0 unspecified atom stereocenters. The van der Waals surface area contributed by atoms with E-state index in [0.717, 1.165) is 11.6 Å². The molecule has 0 saturated carbocycles. The molecular formula is C11H18N2O4S. The third-order valence-corrected chi connectivity index (χ3v) is 3.23. The summed E-state index contributed by atoms with van der Waals surface area (Å²) in [6.45, 7) is 2.28. The minimum Gasteiger partial charge on any atom is -0.465 e. The quantitative estimate of drug-likeness (QED) is 0.559. The molecule has 1 heterocycles. The zero-order valence-electron chi connectivity index (χ0n) is 10.8. The number of nitrogens with zero attached hydrogens (tertiary/aromatic N) is 1. The van der Waals surface area contributed by atoms with Gasteiger partial charge in [-0.15, -0.1) is 11.3 Å². The van der Waals surface area contributed by atoms with Crippen molar-refractivity contribution in [2.24, 2.45) is 0 Å². The molecule has 1 N–H and O–H groups in total. The van der Waals surface area contributed by atoms with Crippen molar-refractivity contribution in [2.75, 3.05) is 34.5 Å². The van der Waals surface area contributed by atoms with Gasteiger partial charge in [0.2, 0.25) is 0 Å². The predicted molar refractivity (Wildman–Crippen MR) is 67.7 cm³/mol. The summed E-state index contributed by atoms with van der Waals surface area (Å²) in [5, 5.41) is 4.00. The van der Waals surface area contributed by atoms with Crippen LogP contribution in [0.4, 0.5) is 0 Å². The van der Waals surface area contributed by atoms with Crippen LogP contribution in [-0.4, -0.2) is 45.4 Å². The fourth-order valence-corrected chi connectivity index (χ4v) is 2.29. The molecule has 0 fully saturated rings. The van der Waals surface area contributed by atoms with Gasteiger partial charge < -0.3 is 19.5 Å². The van der Waals surface area contributed by atoms with E-state index in [1.807, 2.05) is 0 Å². The summed E-state index contributed by atoms with van der Waals surface area (Å²) >= 11 is 1.32. The van der Waals surface area contributed by atoms with Crippen LogP contribution in [-0.2, 0) is 27.4 Å². The number of aromatic nitrogens is 1. The molecular weight excluding hydrogens is 256 g/mol. The molecule has 7 heteroatoms. The number of carbonyl (C=O) groups is 1. The van der Waals surface area contributed by atoms with Gasteiger partial charge in [0.05, 0.1) is 26.0 Å². The van der Waals surface area contributed by atoms with Crippen molar-refractivity contribution in [3.05, 3.63) is 15.6 Å². The van der Waals surface area contributed by atoms with Gasteiger partial charge in [-0.2, -0.15) is 0 Å². The van der Waals surface area contributed by atoms with E-state index in [-0.39, 0.29) is 5.97 Å². The molecule has 0 aromatic carbocycles. The summed E-state index contributed by atoms with van der Waals surface area (Å²) in [5.74, 6) is -0.373. The van der Waals surface area contributed by atoms with E-state index in [0.29, 0.717) is 30.3 Å². The standard InChI is InChI=1S/C11H18N2O4S/c1-15-5-4-12-6-9-13-8(7-16-2)10(18-9)11(14)17-3/h12H,4-7H2,1-3H3. The number of rotatable bonds is 8. The fraction of sp³-hybridized carbons (Fsp3) is 0.636. The van der Waals surface area contributed by atoms with Crippen LogP contribution in [0.5, 0.6) is 0 Å². The van der Waals surface area contributed by atoms with Gasteiger partial charge in [-0.3, -0.25) is 0 Å². The largest absolute Gasteiger partial charge is 0.465 e. The Kier molecular flexibility index (Phi) is 6.81. The van der Waals surface area contributed by atoms with Crippen molar-refractivity contribution in [1.82, 2.24) is 10.3 Å². The molecule has 0 aliphatic rings. The topological polar surface area (TPSA) is 69.7 Å². The molecule has 0 spiro atoms. The van der Waals surface area contributed by atoms with Crippen LogP contribution < -0.4 is 5.32 Å². The lowest BCUT2D eigenvalue weighted by Gasteiger charge is -2.00.